The van der Waals surface area contributed by atoms with Crippen LogP contribution in [-0.4, -0.2) is 0 Å². The van der Waals surface area contributed by atoms with Crippen molar-refractivity contribution in [3.8, 4) is 22.8 Å². The minimum Gasteiger partial charge on any atom is -0.455 e. The fourth-order valence-corrected chi connectivity index (χ4v) is 5.65. The first kappa shape index (κ1) is 19.3. The molecule has 0 saturated heterocycles. The number of aryl methyl sites for hydroxylation is 3. The van der Waals surface area contributed by atoms with Crippen molar-refractivity contribution in [3.05, 3.63) is 77.5 Å². The number of hydrogen-bond acceptors (Lipinski definition) is 1. The predicted molar refractivity (Wildman–Crippen MR) is 134 cm³/mol. The van der Waals surface area contributed by atoms with Crippen LogP contribution in [0.25, 0.3) is 43.6 Å². The van der Waals surface area contributed by atoms with E-state index < -0.39 is 0 Å². The van der Waals surface area contributed by atoms with Gasteiger partial charge in [0.15, 0.2) is 6.20 Å². The molecule has 1 aliphatic heterocycles. The summed E-state index contributed by atoms with van der Waals surface area (Å²) in [5.41, 5.74) is 6.39. The van der Waals surface area contributed by atoms with Gasteiger partial charge in [0.1, 0.15) is 18.5 Å². The van der Waals surface area contributed by atoms with E-state index in [2.05, 4.69) is 100 Å². The molecule has 1 aliphatic rings. The molecule has 0 spiro atoms. The summed E-state index contributed by atoms with van der Waals surface area (Å²) in [5, 5.41) is 7.70. The Morgan fingerprint density at radius 2 is 1.59 bits per heavy atom. The molecular weight excluding hydrogens is 390 g/mol. The quantitative estimate of drug-likeness (QED) is 0.209. The van der Waals surface area contributed by atoms with Crippen LogP contribution in [0.1, 0.15) is 30.5 Å². The average Bonchev–Trinajstić information content (AvgIpc) is 2.78. The molecule has 0 fully saturated rings. The van der Waals surface area contributed by atoms with Crippen LogP contribution in [0.15, 0.2) is 60.8 Å². The fraction of sp³-hybridized carbons (Fsp3) is 0.233. The standard InChI is InChI=1S/C30H28NO/c1-17(2)15-20-9-8-10-21-16-25-28-24(27(20)21)13-14-31(5)29(28)26-18(3)22-11-6-7-12-23(22)19(4)30(26)32-25/h6-14,16-17H,15H2,1-5H3/q+1. The van der Waals surface area contributed by atoms with E-state index in [1.165, 1.54) is 60.3 Å². The molecule has 0 aliphatic carbocycles. The van der Waals surface area contributed by atoms with Gasteiger partial charge >= 0.3 is 0 Å². The molecule has 0 radical (unpaired) electrons. The number of fused-ring (bicyclic) bond motifs is 5. The van der Waals surface area contributed by atoms with Crippen LogP contribution >= 0.6 is 0 Å². The Balaban J connectivity index is 1.81. The Labute approximate surface area is 189 Å². The van der Waals surface area contributed by atoms with Crippen LogP contribution < -0.4 is 9.30 Å². The zero-order chi connectivity index (χ0) is 22.1. The molecule has 1 aromatic heterocycles. The molecular formula is C30H28NO+. The molecule has 4 aromatic carbocycles. The van der Waals surface area contributed by atoms with Crippen LogP contribution in [0, 0.1) is 19.8 Å². The lowest BCUT2D eigenvalue weighted by Crippen LogP contribution is -2.32. The lowest BCUT2D eigenvalue weighted by atomic mass is 9.87. The molecule has 32 heavy (non-hydrogen) atoms. The fourth-order valence-electron chi connectivity index (χ4n) is 5.65. The highest BCUT2D eigenvalue weighted by atomic mass is 16.5. The van der Waals surface area contributed by atoms with Gasteiger partial charge in [-0.05, 0) is 64.9 Å². The predicted octanol–water partition coefficient (Wildman–Crippen LogP) is 7.56. The highest BCUT2D eigenvalue weighted by Gasteiger charge is 2.32. The second-order valence-electron chi connectivity index (χ2n) is 9.65. The number of rotatable bonds is 2. The number of benzene rings is 4. The zero-order valence-corrected chi connectivity index (χ0v) is 19.4. The molecule has 2 heteroatoms. The van der Waals surface area contributed by atoms with E-state index in [1.807, 2.05) is 0 Å². The summed E-state index contributed by atoms with van der Waals surface area (Å²) in [4.78, 5) is 0. The van der Waals surface area contributed by atoms with Gasteiger partial charge in [-0.2, -0.15) is 0 Å². The first-order valence-electron chi connectivity index (χ1n) is 11.5. The van der Waals surface area contributed by atoms with Crippen molar-refractivity contribution < 1.29 is 9.30 Å². The summed E-state index contributed by atoms with van der Waals surface area (Å²) < 4.78 is 9.01. The van der Waals surface area contributed by atoms with E-state index in [0.29, 0.717) is 5.92 Å². The van der Waals surface area contributed by atoms with Crippen molar-refractivity contribution in [2.45, 2.75) is 34.1 Å². The molecule has 0 bridgehead atoms. The molecule has 0 saturated carbocycles. The third-order valence-electron chi connectivity index (χ3n) is 7.06. The number of nitrogens with zero attached hydrogens (tertiary/aromatic N) is 1. The maximum absolute atomic E-state index is 6.74. The highest BCUT2D eigenvalue weighted by molar-refractivity contribution is 6.17. The number of pyridine rings is 1. The van der Waals surface area contributed by atoms with E-state index in [4.69, 9.17) is 4.74 Å². The molecule has 2 heterocycles. The van der Waals surface area contributed by atoms with Gasteiger partial charge < -0.3 is 4.74 Å². The summed E-state index contributed by atoms with van der Waals surface area (Å²) in [7, 11) is 2.15. The van der Waals surface area contributed by atoms with E-state index in [0.717, 1.165) is 17.9 Å². The van der Waals surface area contributed by atoms with E-state index in [-0.39, 0.29) is 0 Å². The number of ether oxygens (including phenoxy) is 1. The van der Waals surface area contributed by atoms with E-state index in [9.17, 15) is 0 Å². The Kier molecular flexibility index (Phi) is 4.10. The minimum absolute atomic E-state index is 0.607. The van der Waals surface area contributed by atoms with Gasteiger partial charge in [0.25, 0.3) is 0 Å². The summed E-state index contributed by atoms with van der Waals surface area (Å²) in [6.45, 7) is 9.01. The number of aromatic nitrogens is 1. The third-order valence-corrected chi connectivity index (χ3v) is 7.06. The highest BCUT2D eigenvalue weighted by Crippen LogP contribution is 2.51. The lowest BCUT2D eigenvalue weighted by Gasteiger charge is -2.25. The molecule has 158 valence electrons. The SMILES string of the molecule is Cc1c2c(c(C)c3ccccc13)-c1c3c(cc4cccc(CC(C)C)c4c3cc[n+]1C)O2. The van der Waals surface area contributed by atoms with Crippen molar-refractivity contribution >= 4 is 32.3 Å². The van der Waals surface area contributed by atoms with E-state index in [1.54, 1.807) is 0 Å². The van der Waals surface area contributed by atoms with Crippen LogP contribution in [0.5, 0.6) is 11.5 Å². The summed E-state index contributed by atoms with van der Waals surface area (Å²) in [5.74, 6) is 2.57. The van der Waals surface area contributed by atoms with Gasteiger partial charge in [-0.25, -0.2) is 4.57 Å². The van der Waals surface area contributed by atoms with Crippen LogP contribution in [0.2, 0.25) is 0 Å². The molecule has 6 rings (SSSR count). The normalized spacial score (nSPS) is 12.6. The second kappa shape index (κ2) is 6.80. The summed E-state index contributed by atoms with van der Waals surface area (Å²) in [6.07, 6.45) is 3.29. The lowest BCUT2D eigenvalue weighted by molar-refractivity contribution is -0.659. The molecule has 5 aromatic rings. The largest absolute Gasteiger partial charge is 0.455 e. The van der Waals surface area contributed by atoms with E-state index >= 15 is 0 Å². The van der Waals surface area contributed by atoms with Gasteiger partial charge in [-0.3, -0.25) is 0 Å². The molecule has 0 unspecified atom stereocenters. The van der Waals surface area contributed by atoms with Crippen LogP contribution in [0.4, 0.5) is 0 Å². The van der Waals surface area contributed by atoms with Crippen molar-refractivity contribution in [3.63, 3.8) is 0 Å². The van der Waals surface area contributed by atoms with Crippen molar-refractivity contribution in [2.75, 3.05) is 0 Å². The zero-order valence-electron chi connectivity index (χ0n) is 19.4. The van der Waals surface area contributed by atoms with Crippen LogP contribution in [0.3, 0.4) is 0 Å². The maximum atomic E-state index is 6.74. The molecule has 0 N–H and O–H groups in total. The Hall–Kier alpha value is -3.39. The first-order valence-corrected chi connectivity index (χ1v) is 11.5. The smallest absolute Gasteiger partial charge is 0.228 e. The third kappa shape index (κ3) is 2.56. The number of hydrogen-bond donors (Lipinski definition) is 0. The van der Waals surface area contributed by atoms with Gasteiger partial charge in [-0.1, -0.05) is 56.3 Å². The maximum Gasteiger partial charge on any atom is 0.228 e. The van der Waals surface area contributed by atoms with Crippen LogP contribution in [-0.2, 0) is 13.5 Å². The second-order valence-corrected chi connectivity index (χ2v) is 9.65. The van der Waals surface area contributed by atoms with Gasteiger partial charge in [-0.15, -0.1) is 0 Å². The van der Waals surface area contributed by atoms with Crippen molar-refractivity contribution in [2.24, 2.45) is 13.0 Å². The summed E-state index contributed by atoms with van der Waals surface area (Å²) in [6, 6.07) is 19.9. The molecule has 0 amide bonds. The Morgan fingerprint density at radius 3 is 2.34 bits per heavy atom. The Bertz CT molecular complexity index is 1580. The first-order chi connectivity index (χ1) is 15.5. The summed E-state index contributed by atoms with van der Waals surface area (Å²) >= 11 is 0. The topological polar surface area (TPSA) is 13.1 Å². The average molecular weight is 419 g/mol. The van der Waals surface area contributed by atoms with Crippen molar-refractivity contribution in [1.82, 2.24) is 0 Å². The van der Waals surface area contributed by atoms with Gasteiger partial charge in [0.2, 0.25) is 5.69 Å². The minimum atomic E-state index is 0.607. The Morgan fingerprint density at radius 1 is 0.844 bits per heavy atom. The molecule has 2 nitrogen and oxygen atoms in total. The van der Waals surface area contributed by atoms with Gasteiger partial charge in [0, 0.05) is 17.0 Å². The monoisotopic (exact) mass is 418 g/mol. The van der Waals surface area contributed by atoms with Crippen molar-refractivity contribution in [1.29, 1.82) is 0 Å². The molecule has 0 atom stereocenters. The van der Waals surface area contributed by atoms with Gasteiger partial charge in [0.05, 0.1) is 10.9 Å².